The zero-order chi connectivity index (χ0) is 19.3. The van der Waals surface area contributed by atoms with E-state index in [1.807, 2.05) is 42.4 Å². The molecule has 0 aliphatic carbocycles. The van der Waals surface area contributed by atoms with Gasteiger partial charge in [-0.25, -0.2) is 0 Å². The molecule has 1 fully saturated rings. The predicted octanol–water partition coefficient (Wildman–Crippen LogP) is 5.52. The second kappa shape index (κ2) is 8.43. The molecule has 1 aliphatic heterocycles. The van der Waals surface area contributed by atoms with Gasteiger partial charge in [-0.15, -0.1) is 0 Å². The van der Waals surface area contributed by atoms with Crippen LogP contribution in [-0.4, -0.2) is 18.3 Å². The molecule has 0 aromatic heterocycles. The van der Waals surface area contributed by atoms with Gasteiger partial charge in [-0.2, -0.15) is 0 Å². The minimum atomic E-state index is -0.319. The van der Waals surface area contributed by atoms with Gasteiger partial charge in [0.25, 0.3) is 0 Å². The Morgan fingerprint density at radius 1 is 0.889 bits per heavy atom. The van der Waals surface area contributed by atoms with Crippen LogP contribution in [0.5, 0.6) is 0 Å². The van der Waals surface area contributed by atoms with Crippen LogP contribution in [-0.2, 0) is 20.7 Å². The summed E-state index contributed by atoms with van der Waals surface area (Å²) in [6, 6.07) is 20.6. The van der Waals surface area contributed by atoms with Crippen molar-refractivity contribution >= 4 is 7.12 Å². The van der Waals surface area contributed by atoms with Crippen molar-refractivity contribution in [1.82, 2.24) is 0 Å². The molecule has 1 atom stereocenters. The molecule has 0 N–H and O–H groups in total. The van der Waals surface area contributed by atoms with Gasteiger partial charge in [0.1, 0.15) is 0 Å². The summed E-state index contributed by atoms with van der Waals surface area (Å²) in [7, 11) is -0.319. The molecule has 2 aromatic rings. The fourth-order valence-corrected chi connectivity index (χ4v) is 3.02. The summed E-state index contributed by atoms with van der Waals surface area (Å²) in [6.45, 7) is 8.85. The molecular weight excluding hydrogens is 335 g/mol. The van der Waals surface area contributed by atoms with Gasteiger partial charge in [0.05, 0.1) is 23.9 Å². The maximum atomic E-state index is 6.23. The van der Waals surface area contributed by atoms with E-state index in [1.165, 1.54) is 11.1 Å². The molecule has 1 unspecified atom stereocenters. The molecule has 0 bridgehead atoms. The molecule has 4 heteroatoms. The van der Waals surface area contributed by atoms with Crippen LogP contribution in [0.3, 0.4) is 0 Å². The normalized spacial score (nSPS) is 19.5. The topological polar surface area (TPSA) is 27.7 Å². The van der Waals surface area contributed by atoms with Gasteiger partial charge in [0.15, 0.2) is 0 Å². The van der Waals surface area contributed by atoms with Gasteiger partial charge >= 0.3 is 7.12 Å². The second-order valence-corrected chi connectivity index (χ2v) is 7.98. The van der Waals surface area contributed by atoms with Crippen LogP contribution in [0.4, 0.5) is 0 Å². The lowest BCUT2D eigenvalue weighted by molar-refractivity contribution is 0.00578. The molecule has 3 rings (SSSR count). The Balaban J connectivity index is 1.63. The summed E-state index contributed by atoms with van der Waals surface area (Å²) in [6.07, 6.45) is 2.86. The average Bonchev–Trinajstić information content (AvgIpc) is 2.86. The van der Waals surface area contributed by atoms with Crippen LogP contribution in [0.2, 0.25) is 0 Å². The van der Waals surface area contributed by atoms with Crippen LogP contribution in [0, 0.1) is 0 Å². The first-order valence-corrected chi connectivity index (χ1v) is 9.60. The van der Waals surface area contributed by atoms with Gasteiger partial charge in [-0.1, -0.05) is 72.7 Å². The van der Waals surface area contributed by atoms with Gasteiger partial charge in [-0.3, -0.25) is 0 Å². The third kappa shape index (κ3) is 5.10. The number of hydrogen-bond acceptors (Lipinski definition) is 3. The van der Waals surface area contributed by atoms with E-state index in [0.29, 0.717) is 6.61 Å². The van der Waals surface area contributed by atoms with Crippen molar-refractivity contribution in [1.29, 1.82) is 0 Å². The number of benzene rings is 2. The van der Waals surface area contributed by atoms with E-state index in [1.54, 1.807) is 0 Å². The van der Waals surface area contributed by atoms with E-state index in [4.69, 9.17) is 14.0 Å². The highest BCUT2D eigenvalue weighted by molar-refractivity contribution is 6.51. The predicted molar refractivity (Wildman–Crippen MR) is 110 cm³/mol. The van der Waals surface area contributed by atoms with Crippen molar-refractivity contribution in [2.45, 2.75) is 58.0 Å². The molecule has 1 aliphatic rings. The summed E-state index contributed by atoms with van der Waals surface area (Å²) < 4.78 is 18.3. The van der Waals surface area contributed by atoms with Crippen molar-refractivity contribution in [2.24, 2.45) is 0 Å². The quantitative estimate of drug-likeness (QED) is 0.605. The van der Waals surface area contributed by atoms with Crippen LogP contribution in [0.15, 0.2) is 72.7 Å². The highest BCUT2D eigenvalue weighted by Crippen LogP contribution is 2.37. The molecule has 1 saturated heterocycles. The first kappa shape index (κ1) is 19.9. The maximum Gasteiger partial charge on any atom is 0.486 e. The molecular formula is C23H29BO3. The zero-order valence-electron chi connectivity index (χ0n) is 16.7. The van der Waals surface area contributed by atoms with Gasteiger partial charge in [-0.05, 0) is 45.2 Å². The van der Waals surface area contributed by atoms with Crippen LogP contribution in [0.1, 0.15) is 51.3 Å². The monoisotopic (exact) mass is 364 g/mol. The fourth-order valence-electron chi connectivity index (χ4n) is 3.02. The zero-order valence-corrected chi connectivity index (χ0v) is 16.7. The van der Waals surface area contributed by atoms with Crippen molar-refractivity contribution in [3.63, 3.8) is 0 Å². The van der Waals surface area contributed by atoms with Crippen molar-refractivity contribution in [3.8, 4) is 0 Å². The average molecular weight is 364 g/mol. The van der Waals surface area contributed by atoms with E-state index < -0.39 is 0 Å². The molecule has 27 heavy (non-hydrogen) atoms. The summed E-state index contributed by atoms with van der Waals surface area (Å²) in [4.78, 5) is 0. The third-order valence-electron chi connectivity index (χ3n) is 5.38. The number of hydrogen-bond donors (Lipinski definition) is 0. The highest BCUT2D eigenvalue weighted by atomic mass is 16.7. The fraction of sp³-hybridized carbons (Fsp3) is 0.391. The number of ether oxygens (including phenoxy) is 1. The van der Waals surface area contributed by atoms with E-state index in [0.717, 1.165) is 6.42 Å². The van der Waals surface area contributed by atoms with E-state index >= 15 is 0 Å². The molecule has 2 aromatic carbocycles. The lowest BCUT2D eigenvalue weighted by Crippen LogP contribution is -2.41. The molecule has 0 radical (unpaired) electrons. The largest absolute Gasteiger partial charge is 0.486 e. The Bertz CT molecular complexity index is 725. The highest BCUT2D eigenvalue weighted by Gasteiger charge is 2.49. The Labute approximate surface area is 163 Å². The summed E-state index contributed by atoms with van der Waals surface area (Å²) in [5, 5.41) is 0. The summed E-state index contributed by atoms with van der Waals surface area (Å²) >= 11 is 0. The SMILES string of the molecule is CC1(C)OB(/C=C/CC(OCc2ccccc2)c2ccccc2)OC1(C)C. The van der Waals surface area contributed by atoms with Crippen LogP contribution in [0.25, 0.3) is 0 Å². The molecule has 0 amide bonds. The number of rotatable bonds is 7. The van der Waals surface area contributed by atoms with E-state index in [-0.39, 0.29) is 24.4 Å². The smallest absolute Gasteiger partial charge is 0.400 e. The standard InChI is InChI=1S/C23H29BO3/c1-22(2)23(3,4)27-24(26-22)17-11-16-21(20-14-9-6-10-15-20)25-18-19-12-7-5-8-13-19/h5-15,17,21H,16,18H2,1-4H3/b17-11+. The maximum absolute atomic E-state index is 6.23. The Morgan fingerprint density at radius 3 is 2.04 bits per heavy atom. The van der Waals surface area contributed by atoms with Crippen molar-refractivity contribution < 1.29 is 14.0 Å². The van der Waals surface area contributed by atoms with Gasteiger partial charge in [0.2, 0.25) is 0 Å². The van der Waals surface area contributed by atoms with Crippen LogP contribution < -0.4 is 0 Å². The first-order valence-electron chi connectivity index (χ1n) is 9.60. The Kier molecular flexibility index (Phi) is 6.20. The second-order valence-electron chi connectivity index (χ2n) is 7.98. The lowest BCUT2D eigenvalue weighted by Gasteiger charge is -2.32. The van der Waals surface area contributed by atoms with Crippen molar-refractivity contribution in [2.75, 3.05) is 0 Å². The summed E-state index contributed by atoms with van der Waals surface area (Å²) in [5.41, 5.74) is 1.72. The third-order valence-corrected chi connectivity index (χ3v) is 5.38. The van der Waals surface area contributed by atoms with Crippen LogP contribution >= 0.6 is 0 Å². The molecule has 0 spiro atoms. The minimum absolute atomic E-state index is 0.00919. The Morgan fingerprint density at radius 2 is 1.44 bits per heavy atom. The summed E-state index contributed by atoms with van der Waals surface area (Å²) in [5.74, 6) is 2.00. The van der Waals surface area contributed by atoms with E-state index in [9.17, 15) is 0 Å². The molecule has 142 valence electrons. The molecule has 1 heterocycles. The molecule has 3 nitrogen and oxygen atoms in total. The lowest BCUT2D eigenvalue weighted by atomic mass is 9.89. The van der Waals surface area contributed by atoms with E-state index in [2.05, 4.69) is 58.0 Å². The first-order chi connectivity index (χ1) is 12.9. The van der Waals surface area contributed by atoms with Gasteiger partial charge in [0, 0.05) is 0 Å². The Hall–Kier alpha value is -1.88. The minimum Gasteiger partial charge on any atom is -0.400 e. The molecule has 0 saturated carbocycles. The van der Waals surface area contributed by atoms with Crippen molar-refractivity contribution in [3.05, 3.63) is 83.8 Å². The van der Waals surface area contributed by atoms with Gasteiger partial charge < -0.3 is 14.0 Å².